The minimum absolute atomic E-state index is 0.00879. The second-order valence-electron chi connectivity index (χ2n) is 6.36. The molecule has 1 saturated carbocycles. The molecule has 0 radical (unpaired) electrons. The average Bonchev–Trinajstić information content (AvgIpc) is 2.48. The van der Waals surface area contributed by atoms with Crippen molar-refractivity contribution < 1.29 is 4.79 Å². The monoisotopic (exact) mass is 285 g/mol. The number of carbonyl (C=O) groups excluding carboxylic acids is 1. The minimum atomic E-state index is -0.520. The Bertz CT molecular complexity index is 542. The average molecular weight is 285 g/mol. The van der Waals surface area contributed by atoms with E-state index < -0.39 is 5.41 Å². The number of nitrogens with zero attached hydrogens (tertiary/aromatic N) is 1. The first-order chi connectivity index (χ1) is 9.94. The van der Waals surface area contributed by atoms with Gasteiger partial charge in [-0.25, -0.2) is 0 Å². The molecule has 1 fully saturated rings. The van der Waals surface area contributed by atoms with Gasteiger partial charge in [0.05, 0.1) is 17.4 Å². The zero-order valence-electron chi connectivity index (χ0n) is 12.7. The van der Waals surface area contributed by atoms with Crippen molar-refractivity contribution in [2.75, 3.05) is 5.32 Å². The van der Waals surface area contributed by atoms with Crippen LogP contribution in [0.25, 0.3) is 0 Å². The molecule has 0 heterocycles. The van der Waals surface area contributed by atoms with Crippen LogP contribution in [0.1, 0.15) is 45.1 Å². The maximum absolute atomic E-state index is 12.3. The molecule has 3 N–H and O–H groups in total. The Labute approximate surface area is 126 Å². The minimum Gasteiger partial charge on any atom is -0.327 e. The number of carbonyl (C=O) groups is 1. The van der Waals surface area contributed by atoms with Crippen molar-refractivity contribution in [3.05, 3.63) is 29.8 Å². The fourth-order valence-corrected chi connectivity index (χ4v) is 2.75. The van der Waals surface area contributed by atoms with E-state index in [4.69, 9.17) is 11.0 Å². The summed E-state index contributed by atoms with van der Waals surface area (Å²) in [6.07, 6.45) is 3.98. The highest BCUT2D eigenvalue weighted by Gasteiger charge is 2.28. The number of nitrogens with two attached hydrogens (primary N) is 1. The van der Waals surface area contributed by atoms with Crippen LogP contribution in [0.4, 0.5) is 5.69 Å². The number of amides is 1. The summed E-state index contributed by atoms with van der Waals surface area (Å²) in [6, 6.07) is 9.71. The SMILES string of the molecule is CC(C)(C#N)c1ccc(NC(=O)C2CCCCC2N)cc1. The molecule has 4 heteroatoms. The molecule has 112 valence electrons. The summed E-state index contributed by atoms with van der Waals surface area (Å²) in [5.74, 6) is -0.0801. The Balaban J connectivity index is 2.03. The number of hydrogen-bond acceptors (Lipinski definition) is 3. The molecular formula is C17H23N3O. The Morgan fingerprint density at radius 3 is 2.48 bits per heavy atom. The molecule has 0 saturated heterocycles. The summed E-state index contributed by atoms with van der Waals surface area (Å²) in [5.41, 5.74) is 7.22. The zero-order valence-corrected chi connectivity index (χ0v) is 12.7. The first-order valence-corrected chi connectivity index (χ1v) is 7.52. The molecule has 2 atom stereocenters. The van der Waals surface area contributed by atoms with Crippen LogP contribution in [0.5, 0.6) is 0 Å². The van der Waals surface area contributed by atoms with Crippen molar-refractivity contribution in [1.82, 2.24) is 0 Å². The van der Waals surface area contributed by atoms with E-state index in [1.165, 1.54) is 0 Å². The number of benzene rings is 1. The summed E-state index contributed by atoms with van der Waals surface area (Å²) in [4.78, 5) is 12.3. The van der Waals surface area contributed by atoms with Crippen LogP contribution in [0.2, 0.25) is 0 Å². The quantitative estimate of drug-likeness (QED) is 0.896. The fourth-order valence-electron chi connectivity index (χ4n) is 2.75. The van der Waals surface area contributed by atoms with Gasteiger partial charge in [0, 0.05) is 11.7 Å². The molecule has 0 bridgehead atoms. The molecule has 2 rings (SSSR count). The molecule has 1 aliphatic rings. The molecule has 21 heavy (non-hydrogen) atoms. The van der Waals surface area contributed by atoms with E-state index in [9.17, 15) is 4.79 Å². The Morgan fingerprint density at radius 1 is 1.29 bits per heavy atom. The highest BCUT2D eigenvalue weighted by molar-refractivity contribution is 5.93. The van der Waals surface area contributed by atoms with Crippen molar-refractivity contribution in [3.8, 4) is 6.07 Å². The lowest BCUT2D eigenvalue weighted by Crippen LogP contribution is -2.40. The maximum atomic E-state index is 12.3. The van der Waals surface area contributed by atoms with Crippen LogP contribution >= 0.6 is 0 Å². The largest absolute Gasteiger partial charge is 0.327 e. The maximum Gasteiger partial charge on any atom is 0.229 e. The number of rotatable bonds is 3. The first-order valence-electron chi connectivity index (χ1n) is 7.52. The normalized spacial score (nSPS) is 22.4. The third-order valence-electron chi connectivity index (χ3n) is 4.31. The van der Waals surface area contributed by atoms with Gasteiger partial charge in [0.15, 0.2) is 0 Å². The molecule has 4 nitrogen and oxygen atoms in total. The third kappa shape index (κ3) is 3.62. The Hall–Kier alpha value is -1.86. The number of hydrogen-bond donors (Lipinski definition) is 2. The van der Waals surface area contributed by atoms with Crippen LogP contribution in [0.15, 0.2) is 24.3 Å². The van der Waals surface area contributed by atoms with Gasteiger partial charge in [-0.3, -0.25) is 4.79 Å². The lowest BCUT2D eigenvalue weighted by molar-refractivity contribution is -0.121. The third-order valence-corrected chi connectivity index (χ3v) is 4.31. The Morgan fingerprint density at radius 2 is 1.90 bits per heavy atom. The summed E-state index contributed by atoms with van der Waals surface area (Å²) in [6.45, 7) is 3.75. The van der Waals surface area contributed by atoms with Crippen molar-refractivity contribution in [3.63, 3.8) is 0 Å². The van der Waals surface area contributed by atoms with Gasteiger partial charge in [-0.05, 0) is 44.4 Å². The van der Waals surface area contributed by atoms with E-state index >= 15 is 0 Å². The zero-order chi connectivity index (χ0) is 15.5. The smallest absolute Gasteiger partial charge is 0.229 e. The molecule has 1 amide bonds. The van der Waals surface area contributed by atoms with E-state index in [0.717, 1.165) is 36.9 Å². The van der Waals surface area contributed by atoms with Gasteiger partial charge in [0.25, 0.3) is 0 Å². The van der Waals surface area contributed by atoms with Crippen molar-refractivity contribution in [2.45, 2.75) is 51.0 Å². The van der Waals surface area contributed by atoms with Gasteiger partial charge in [-0.15, -0.1) is 0 Å². The van der Waals surface area contributed by atoms with Crippen molar-refractivity contribution in [1.29, 1.82) is 5.26 Å². The summed E-state index contributed by atoms with van der Waals surface area (Å²) >= 11 is 0. The highest BCUT2D eigenvalue weighted by Crippen LogP contribution is 2.26. The molecule has 2 unspecified atom stereocenters. The fraction of sp³-hybridized carbons (Fsp3) is 0.529. The van der Waals surface area contributed by atoms with E-state index in [-0.39, 0.29) is 17.9 Å². The van der Waals surface area contributed by atoms with Crippen LogP contribution < -0.4 is 11.1 Å². The summed E-state index contributed by atoms with van der Waals surface area (Å²) in [5, 5.41) is 12.1. The molecule has 0 aromatic heterocycles. The van der Waals surface area contributed by atoms with E-state index in [0.29, 0.717) is 0 Å². The molecule has 0 aliphatic heterocycles. The van der Waals surface area contributed by atoms with Gasteiger partial charge in [-0.2, -0.15) is 5.26 Å². The van der Waals surface area contributed by atoms with Gasteiger partial charge in [0.1, 0.15) is 0 Å². The second-order valence-corrected chi connectivity index (χ2v) is 6.36. The standard InChI is InChI=1S/C17H23N3O/c1-17(2,11-18)12-7-9-13(10-8-12)20-16(21)14-5-3-4-6-15(14)19/h7-10,14-15H,3-6,19H2,1-2H3,(H,20,21). The lowest BCUT2D eigenvalue weighted by Gasteiger charge is -2.27. The Kier molecular flexibility index (Phi) is 4.64. The predicted octanol–water partition coefficient (Wildman–Crippen LogP) is 2.94. The number of anilines is 1. The number of nitriles is 1. The lowest BCUT2D eigenvalue weighted by atomic mass is 9.84. The van der Waals surface area contributed by atoms with Gasteiger partial charge in [-0.1, -0.05) is 25.0 Å². The highest BCUT2D eigenvalue weighted by atomic mass is 16.1. The van der Waals surface area contributed by atoms with Crippen LogP contribution in [-0.4, -0.2) is 11.9 Å². The van der Waals surface area contributed by atoms with Crippen LogP contribution in [-0.2, 0) is 10.2 Å². The van der Waals surface area contributed by atoms with Crippen molar-refractivity contribution >= 4 is 11.6 Å². The molecule has 0 spiro atoms. The van der Waals surface area contributed by atoms with Gasteiger partial charge in [0.2, 0.25) is 5.91 Å². The predicted molar refractivity (Wildman–Crippen MR) is 83.6 cm³/mol. The molecule has 1 aliphatic carbocycles. The van der Waals surface area contributed by atoms with E-state index in [1.54, 1.807) is 0 Å². The molecular weight excluding hydrogens is 262 g/mol. The van der Waals surface area contributed by atoms with E-state index in [2.05, 4.69) is 11.4 Å². The molecule has 1 aromatic carbocycles. The second kappa shape index (κ2) is 6.28. The van der Waals surface area contributed by atoms with Gasteiger partial charge < -0.3 is 11.1 Å². The molecule has 1 aromatic rings. The summed E-state index contributed by atoms with van der Waals surface area (Å²) in [7, 11) is 0. The first kappa shape index (κ1) is 15.5. The van der Waals surface area contributed by atoms with Gasteiger partial charge >= 0.3 is 0 Å². The van der Waals surface area contributed by atoms with Crippen LogP contribution in [0, 0.1) is 17.2 Å². The number of nitrogens with one attached hydrogen (secondary N) is 1. The van der Waals surface area contributed by atoms with Crippen molar-refractivity contribution in [2.24, 2.45) is 11.7 Å². The topological polar surface area (TPSA) is 78.9 Å². The van der Waals surface area contributed by atoms with Crippen LogP contribution in [0.3, 0.4) is 0 Å². The van der Waals surface area contributed by atoms with E-state index in [1.807, 2.05) is 38.1 Å². The summed E-state index contributed by atoms with van der Waals surface area (Å²) < 4.78 is 0.